The molecule has 144 valence electrons. The van der Waals surface area contributed by atoms with Crippen LogP contribution in [-0.2, 0) is 14.8 Å². The molecule has 1 amide bonds. The molecule has 2 aromatic rings. The maximum atomic E-state index is 13.0. The summed E-state index contributed by atoms with van der Waals surface area (Å²) in [6.07, 6.45) is 1.16. The molecule has 1 heterocycles. The Kier molecular flexibility index (Phi) is 6.25. The molecule has 5 nitrogen and oxygen atoms in total. The minimum atomic E-state index is -3.73. The monoisotopic (exact) mass is 470 g/mol. The van der Waals surface area contributed by atoms with E-state index in [-0.39, 0.29) is 16.8 Å². The van der Waals surface area contributed by atoms with E-state index in [9.17, 15) is 13.2 Å². The largest absolute Gasteiger partial charge is 0.348 e. The number of sulfonamides is 1. The molecule has 0 saturated carbocycles. The molecule has 0 bridgehead atoms. The Morgan fingerprint density at radius 1 is 1.26 bits per heavy atom. The summed E-state index contributed by atoms with van der Waals surface area (Å²) in [5, 5.41) is 3.51. The van der Waals surface area contributed by atoms with Crippen molar-refractivity contribution in [3.63, 3.8) is 0 Å². The summed E-state index contributed by atoms with van der Waals surface area (Å²) >= 11 is 9.31. The fourth-order valence-corrected chi connectivity index (χ4v) is 5.32. The van der Waals surface area contributed by atoms with Gasteiger partial charge < -0.3 is 5.32 Å². The Morgan fingerprint density at radius 3 is 2.63 bits per heavy atom. The van der Waals surface area contributed by atoms with Gasteiger partial charge in [0.05, 0.1) is 10.9 Å². The van der Waals surface area contributed by atoms with Crippen LogP contribution in [-0.4, -0.2) is 31.2 Å². The molecule has 0 radical (unpaired) electrons. The third-order valence-electron chi connectivity index (χ3n) is 4.63. The van der Waals surface area contributed by atoms with E-state index in [1.165, 1.54) is 4.31 Å². The Morgan fingerprint density at radius 2 is 1.96 bits per heavy atom. The number of hydrogen-bond acceptors (Lipinski definition) is 3. The van der Waals surface area contributed by atoms with Gasteiger partial charge in [-0.2, -0.15) is 4.31 Å². The molecule has 1 aliphatic heterocycles. The van der Waals surface area contributed by atoms with Crippen LogP contribution in [0.1, 0.15) is 31.4 Å². The SMILES string of the molecule is C[C@@H](NC(=O)[C@H]1CCCN1S(=O)(=O)c1ccc(Br)cc1)c1cccc(Cl)c1. The zero-order valence-corrected chi connectivity index (χ0v) is 17.9. The number of amides is 1. The number of hydrogen-bond donors (Lipinski definition) is 1. The third kappa shape index (κ3) is 4.54. The molecule has 8 heteroatoms. The molecule has 1 saturated heterocycles. The summed E-state index contributed by atoms with van der Waals surface area (Å²) in [5.74, 6) is -0.291. The van der Waals surface area contributed by atoms with Gasteiger partial charge in [-0.1, -0.05) is 39.7 Å². The van der Waals surface area contributed by atoms with Crippen molar-refractivity contribution in [2.24, 2.45) is 0 Å². The summed E-state index contributed by atoms with van der Waals surface area (Å²) in [6.45, 7) is 2.19. The maximum absolute atomic E-state index is 13.0. The van der Waals surface area contributed by atoms with Crippen molar-refractivity contribution < 1.29 is 13.2 Å². The lowest BCUT2D eigenvalue weighted by Crippen LogP contribution is -2.46. The van der Waals surface area contributed by atoms with E-state index in [4.69, 9.17) is 11.6 Å². The molecule has 1 aliphatic rings. The van der Waals surface area contributed by atoms with Gasteiger partial charge in [-0.25, -0.2) is 8.42 Å². The molecule has 1 fully saturated rings. The van der Waals surface area contributed by atoms with Crippen LogP contribution < -0.4 is 5.32 Å². The number of nitrogens with zero attached hydrogens (tertiary/aromatic N) is 1. The first-order chi connectivity index (χ1) is 12.8. The summed E-state index contributed by atoms with van der Waals surface area (Å²) < 4.78 is 28.0. The van der Waals surface area contributed by atoms with Gasteiger partial charge in [0.15, 0.2) is 0 Å². The van der Waals surface area contributed by atoms with Crippen molar-refractivity contribution in [3.8, 4) is 0 Å². The van der Waals surface area contributed by atoms with Gasteiger partial charge in [0.25, 0.3) is 0 Å². The van der Waals surface area contributed by atoms with Crippen molar-refractivity contribution in [1.29, 1.82) is 0 Å². The number of rotatable bonds is 5. The summed E-state index contributed by atoms with van der Waals surface area (Å²) in [7, 11) is -3.73. The van der Waals surface area contributed by atoms with Crippen LogP contribution in [0.25, 0.3) is 0 Å². The average Bonchev–Trinajstić information content (AvgIpc) is 3.13. The molecule has 2 atom stereocenters. The lowest BCUT2D eigenvalue weighted by atomic mass is 10.1. The van der Waals surface area contributed by atoms with Gasteiger partial charge in [-0.3, -0.25) is 4.79 Å². The first kappa shape index (κ1) is 20.3. The molecule has 0 aromatic heterocycles. The highest BCUT2D eigenvalue weighted by Crippen LogP contribution is 2.28. The molecule has 0 unspecified atom stereocenters. The summed E-state index contributed by atoms with van der Waals surface area (Å²) in [4.78, 5) is 13.0. The number of benzene rings is 2. The van der Waals surface area contributed by atoms with Crippen molar-refractivity contribution in [3.05, 3.63) is 63.6 Å². The first-order valence-electron chi connectivity index (χ1n) is 8.62. The average molecular weight is 472 g/mol. The number of nitrogens with one attached hydrogen (secondary N) is 1. The Labute approximate surface area is 172 Å². The second kappa shape index (κ2) is 8.31. The van der Waals surface area contributed by atoms with Crippen LogP contribution in [0.2, 0.25) is 5.02 Å². The fraction of sp³-hybridized carbons (Fsp3) is 0.316. The number of halogens is 2. The van der Waals surface area contributed by atoms with E-state index >= 15 is 0 Å². The lowest BCUT2D eigenvalue weighted by molar-refractivity contribution is -0.124. The van der Waals surface area contributed by atoms with Crippen molar-refractivity contribution in [2.45, 2.75) is 36.7 Å². The zero-order valence-electron chi connectivity index (χ0n) is 14.7. The van der Waals surface area contributed by atoms with Crippen molar-refractivity contribution >= 4 is 43.5 Å². The minimum absolute atomic E-state index is 0.188. The molecule has 27 heavy (non-hydrogen) atoms. The standard InChI is InChI=1S/C19H20BrClN2O3S/c1-13(14-4-2-5-16(21)12-14)22-19(24)18-6-3-11-23(18)27(25,26)17-9-7-15(20)8-10-17/h2,4-5,7-10,12-13,18H,3,6,11H2,1H3,(H,22,24)/t13-,18-/m1/s1. The Balaban J connectivity index is 1.77. The van der Waals surface area contributed by atoms with Crippen molar-refractivity contribution in [2.75, 3.05) is 6.54 Å². The van der Waals surface area contributed by atoms with E-state index in [2.05, 4.69) is 21.2 Å². The minimum Gasteiger partial charge on any atom is -0.348 e. The Hall–Kier alpha value is -1.41. The first-order valence-corrected chi connectivity index (χ1v) is 11.2. The van der Waals surface area contributed by atoms with E-state index in [1.54, 1.807) is 36.4 Å². The molecular weight excluding hydrogens is 452 g/mol. The molecule has 0 aliphatic carbocycles. The molecule has 1 N–H and O–H groups in total. The van der Waals surface area contributed by atoms with Crippen molar-refractivity contribution in [1.82, 2.24) is 9.62 Å². The summed E-state index contributed by atoms with van der Waals surface area (Å²) in [5.41, 5.74) is 0.871. The second-order valence-corrected chi connectivity index (χ2v) is 9.76. The van der Waals surface area contributed by atoms with Crippen LogP contribution in [0.3, 0.4) is 0 Å². The van der Waals surface area contributed by atoms with E-state index in [0.717, 1.165) is 10.0 Å². The predicted octanol–water partition coefficient (Wildman–Crippen LogP) is 4.13. The number of carbonyl (C=O) groups is 1. The number of carbonyl (C=O) groups excluding carboxylic acids is 1. The highest BCUT2D eigenvalue weighted by Gasteiger charge is 2.39. The van der Waals surface area contributed by atoms with Gasteiger partial charge in [-0.05, 0) is 61.7 Å². The van der Waals surface area contributed by atoms with E-state index < -0.39 is 16.1 Å². The normalized spacial score (nSPS) is 19.0. The molecule has 0 spiro atoms. The van der Waals surface area contributed by atoms with Gasteiger partial charge in [0.1, 0.15) is 6.04 Å². The fourth-order valence-electron chi connectivity index (χ4n) is 3.20. The van der Waals surface area contributed by atoms with Gasteiger partial charge in [0.2, 0.25) is 15.9 Å². The second-order valence-electron chi connectivity index (χ2n) is 6.51. The van der Waals surface area contributed by atoms with E-state index in [0.29, 0.717) is 24.4 Å². The van der Waals surface area contributed by atoms with Gasteiger partial charge in [0, 0.05) is 16.0 Å². The van der Waals surface area contributed by atoms with Crippen LogP contribution >= 0.6 is 27.5 Å². The third-order valence-corrected chi connectivity index (χ3v) is 7.32. The molecular formula is C19H20BrClN2O3S. The Bertz CT molecular complexity index is 934. The van der Waals surface area contributed by atoms with Crippen LogP contribution in [0, 0.1) is 0 Å². The van der Waals surface area contributed by atoms with Gasteiger partial charge >= 0.3 is 0 Å². The predicted molar refractivity (Wildman–Crippen MR) is 109 cm³/mol. The molecule has 3 rings (SSSR count). The lowest BCUT2D eigenvalue weighted by Gasteiger charge is -2.25. The smallest absolute Gasteiger partial charge is 0.243 e. The van der Waals surface area contributed by atoms with Gasteiger partial charge in [-0.15, -0.1) is 0 Å². The highest BCUT2D eigenvalue weighted by molar-refractivity contribution is 9.10. The quantitative estimate of drug-likeness (QED) is 0.713. The zero-order chi connectivity index (χ0) is 19.6. The summed E-state index contributed by atoms with van der Waals surface area (Å²) in [6, 6.07) is 12.7. The van der Waals surface area contributed by atoms with Crippen LogP contribution in [0.15, 0.2) is 57.9 Å². The topological polar surface area (TPSA) is 66.5 Å². The van der Waals surface area contributed by atoms with E-state index in [1.807, 2.05) is 19.1 Å². The van der Waals surface area contributed by atoms with Crippen LogP contribution in [0.5, 0.6) is 0 Å². The van der Waals surface area contributed by atoms with Crippen LogP contribution in [0.4, 0.5) is 0 Å². The molecule has 2 aromatic carbocycles. The highest BCUT2D eigenvalue weighted by atomic mass is 79.9. The maximum Gasteiger partial charge on any atom is 0.243 e.